The van der Waals surface area contributed by atoms with Gasteiger partial charge in [-0.1, -0.05) is 54.1 Å². The first-order valence-corrected chi connectivity index (χ1v) is 11.7. The molecular formula is C22H20N2O4S2. The third kappa shape index (κ3) is 3.81. The largest absolute Gasteiger partial charge is 0.274 e. The number of carbonyl (C=O) groups is 2. The molecule has 1 aromatic heterocycles. The maximum Gasteiger partial charge on any atom is 0.253 e. The number of amides is 2. The van der Waals surface area contributed by atoms with E-state index in [2.05, 4.69) is 0 Å². The number of aryl methyl sites for hydroxylation is 1. The number of benzene rings is 2. The van der Waals surface area contributed by atoms with E-state index >= 15 is 0 Å². The molecule has 1 unspecified atom stereocenters. The van der Waals surface area contributed by atoms with Gasteiger partial charge in [0.1, 0.15) is 10.3 Å². The van der Waals surface area contributed by atoms with E-state index in [9.17, 15) is 18.0 Å². The smallest absolute Gasteiger partial charge is 0.253 e. The number of nitrogens with zero attached hydrogens (tertiary/aromatic N) is 2. The molecule has 1 saturated heterocycles. The molecule has 2 aromatic carbocycles. The fourth-order valence-electron chi connectivity index (χ4n) is 3.46. The second-order valence-corrected chi connectivity index (χ2v) is 10.2. The second kappa shape index (κ2) is 8.14. The second-order valence-electron chi connectivity index (χ2n) is 7.09. The van der Waals surface area contributed by atoms with E-state index in [-0.39, 0.29) is 17.2 Å². The number of hydrogen-bond donors (Lipinski definition) is 0. The molecule has 0 spiro atoms. The molecule has 1 aliphatic heterocycles. The van der Waals surface area contributed by atoms with Crippen LogP contribution in [0, 0.1) is 6.92 Å². The van der Waals surface area contributed by atoms with Gasteiger partial charge in [0.25, 0.3) is 15.9 Å². The summed E-state index contributed by atoms with van der Waals surface area (Å²) in [6.07, 6.45) is -0.190. The Hall–Kier alpha value is -2.81. The monoisotopic (exact) mass is 440 g/mol. The molecule has 2 amide bonds. The van der Waals surface area contributed by atoms with Crippen LogP contribution in [0.25, 0.3) is 0 Å². The Morgan fingerprint density at radius 2 is 1.70 bits per heavy atom. The normalized spacial score (nSPS) is 17.1. The van der Waals surface area contributed by atoms with Crippen molar-refractivity contribution in [2.24, 2.45) is 0 Å². The van der Waals surface area contributed by atoms with Crippen LogP contribution in [0.15, 0.2) is 76.3 Å². The van der Waals surface area contributed by atoms with Gasteiger partial charge in [0, 0.05) is 6.54 Å². The van der Waals surface area contributed by atoms with Gasteiger partial charge >= 0.3 is 0 Å². The van der Waals surface area contributed by atoms with Crippen LogP contribution in [0.3, 0.4) is 0 Å². The van der Waals surface area contributed by atoms with Gasteiger partial charge in [0.15, 0.2) is 0 Å². The molecule has 1 aliphatic rings. The van der Waals surface area contributed by atoms with Gasteiger partial charge in [0.2, 0.25) is 5.91 Å². The number of hydrogen-bond acceptors (Lipinski definition) is 5. The van der Waals surface area contributed by atoms with Crippen LogP contribution in [0.4, 0.5) is 5.69 Å². The summed E-state index contributed by atoms with van der Waals surface area (Å²) in [4.78, 5) is 27.1. The number of rotatable bonds is 6. The minimum absolute atomic E-state index is 0.00645. The maximum atomic E-state index is 13.4. The number of carbonyl (C=O) groups excluding carboxylic acids is 2. The van der Waals surface area contributed by atoms with Gasteiger partial charge in [-0.15, -0.1) is 11.3 Å². The number of imide groups is 1. The molecule has 154 valence electrons. The Bertz CT molecular complexity index is 1160. The minimum atomic E-state index is -3.96. The van der Waals surface area contributed by atoms with Gasteiger partial charge < -0.3 is 0 Å². The highest BCUT2D eigenvalue weighted by Crippen LogP contribution is 2.32. The van der Waals surface area contributed by atoms with Crippen molar-refractivity contribution in [3.63, 3.8) is 0 Å². The Morgan fingerprint density at radius 1 is 1.00 bits per heavy atom. The highest BCUT2D eigenvalue weighted by atomic mass is 32.2. The Kier molecular flexibility index (Phi) is 5.55. The molecule has 1 atom stereocenters. The molecule has 8 heteroatoms. The average molecular weight is 441 g/mol. The zero-order valence-corrected chi connectivity index (χ0v) is 17.9. The first kappa shape index (κ1) is 20.5. The molecule has 0 radical (unpaired) electrons. The van der Waals surface area contributed by atoms with Crippen molar-refractivity contribution in [1.82, 2.24) is 4.31 Å². The number of thiophene rings is 1. The third-order valence-electron chi connectivity index (χ3n) is 5.00. The first-order chi connectivity index (χ1) is 14.4. The van der Waals surface area contributed by atoms with E-state index in [0.717, 1.165) is 31.7 Å². The molecule has 4 rings (SSSR count). The Balaban J connectivity index is 1.73. The predicted octanol–water partition coefficient (Wildman–Crippen LogP) is 3.58. The van der Waals surface area contributed by atoms with Gasteiger partial charge in [-0.3, -0.25) is 9.59 Å². The molecule has 30 heavy (non-hydrogen) atoms. The highest BCUT2D eigenvalue weighted by molar-refractivity contribution is 7.91. The van der Waals surface area contributed by atoms with Crippen LogP contribution in [-0.4, -0.2) is 30.6 Å². The number of sulfonamides is 1. The van der Waals surface area contributed by atoms with Crippen LogP contribution >= 0.6 is 11.3 Å². The Morgan fingerprint density at radius 3 is 2.33 bits per heavy atom. The standard InChI is InChI=1S/C22H20N2O4S2/c1-16-9-11-18(12-10-16)24-20(25)14-19(22(24)26)23(15-17-6-3-2-4-7-17)30(27,28)21-8-5-13-29-21/h2-13,19H,14-15H2,1H3. The lowest BCUT2D eigenvalue weighted by Gasteiger charge is -2.26. The average Bonchev–Trinajstić information content (AvgIpc) is 3.37. The zero-order chi connectivity index (χ0) is 21.3. The summed E-state index contributed by atoms with van der Waals surface area (Å²) in [5.74, 6) is -0.937. The van der Waals surface area contributed by atoms with E-state index in [1.165, 1.54) is 6.07 Å². The fourth-order valence-corrected chi connectivity index (χ4v) is 6.15. The van der Waals surface area contributed by atoms with Gasteiger partial charge in [-0.05, 0) is 36.1 Å². The van der Waals surface area contributed by atoms with E-state index in [1.54, 1.807) is 35.7 Å². The van der Waals surface area contributed by atoms with Crippen molar-refractivity contribution in [2.45, 2.75) is 30.1 Å². The molecule has 1 fully saturated rings. The van der Waals surface area contributed by atoms with Crippen molar-refractivity contribution in [2.75, 3.05) is 4.90 Å². The van der Waals surface area contributed by atoms with Crippen molar-refractivity contribution >= 4 is 38.9 Å². The molecule has 2 heterocycles. The van der Waals surface area contributed by atoms with Crippen molar-refractivity contribution in [3.05, 3.63) is 83.2 Å². The third-order valence-corrected chi connectivity index (χ3v) is 8.23. The van der Waals surface area contributed by atoms with Crippen LogP contribution in [0.1, 0.15) is 17.5 Å². The molecular weight excluding hydrogens is 420 g/mol. The topological polar surface area (TPSA) is 74.8 Å². The van der Waals surface area contributed by atoms with Gasteiger partial charge in [-0.2, -0.15) is 4.31 Å². The molecule has 0 bridgehead atoms. The van der Waals surface area contributed by atoms with Crippen molar-refractivity contribution < 1.29 is 18.0 Å². The van der Waals surface area contributed by atoms with Crippen LogP contribution in [0.2, 0.25) is 0 Å². The summed E-state index contributed by atoms with van der Waals surface area (Å²) in [6.45, 7) is 1.92. The summed E-state index contributed by atoms with van der Waals surface area (Å²) < 4.78 is 28.1. The van der Waals surface area contributed by atoms with Crippen LogP contribution < -0.4 is 4.90 Å². The lowest BCUT2D eigenvalue weighted by atomic mass is 10.2. The first-order valence-electron chi connectivity index (χ1n) is 9.40. The maximum absolute atomic E-state index is 13.4. The van der Waals surface area contributed by atoms with Crippen LogP contribution in [-0.2, 0) is 26.2 Å². The predicted molar refractivity (Wildman–Crippen MR) is 116 cm³/mol. The van der Waals surface area contributed by atoms with Crippen molar-refractivity contribution in [3.8, 4) is 0 Å². The van der Waals surface area contributed by atoms with E-state index in [0.29, 0.717) is 5.69 Å². The lowest BCUT2D eigenvalue weighted by molar-refractivity contribution is -0.122. The highest BCUT2D eigenvalue weighted by Gasteiger charge is 2.47. The van der Waals surface area contributed by atoms with Crippen LogP contribution in [0.5, 0.6) is 0 Å². The number of anilines is 1. The van der Waals surface area contributed by atoms with Gasteiger partial charge in [0.05, 0.1) is 12.1 Å². The van der Waals surface area contributed by atoms with E-state index in [4.69, 9.17) is 0 Å². The fraction of sp³-hybridized carbons (Fsp3) is 0.182. The molecule has 0 saturated carbocycles. The summed E-state index contributed by atoms with van der Waals surface area (Å²) in [5, 5.41) is 1.67. The molecule has 0 N–H and O–H groups in total. The SMILES string of the molecule is Cc1ccc(N2C(=O)CC(N(Cc3ccccc3)S(=O)(=O)c3cccs3)C2=O)cc1. The van der Waals surface area contributed by atoms with E-state index < -0.39 is 27.9 Å². The summed E-state index contributed by atoms with van der Waals surface area (Å²) in [7, 11) is -3.96. The quantitative estimate of drug-likeness (QED) is 0.549. The molecule has 0 aliphatic carbocycles. The lowest BCUT2D eigenvalue weighted by Crippen LogP contribution is -2.44. The zero-order valence-electron chi connectivity index (χ0n) is 16.3. The van der Waals surface area contributed by atoms with Gasteiger partial charge in [-0.25, -0.2) is 13.3 Å². The summed E-state index contributed by atoms with van der Waals surface area (Å²) in [6, 6.07) is 18.2. The summed E-state index contributed by atoms with van der Waals surface area (Å²) in [5.41, 5.74) is 2.19. The summed E-state index contributed by atoms with van der Waals surface area (Å²) >= 11 is 1.09. The Labute approximate surface area is 179 Å². The van der Waals surface area contributed by atoms with Crippen molar-refractivity contribution in [1.29, 1.82) is 0 Å². The van der Waals surface area contributed by atoms with E-state index in [1.807, 2.05) is 37.3 Å². The minimum Gasteiger partial charge on any atom is -0.274 e. The molecule has 3 aromatic rings. The molecule has 6 nitrogen and oxygen atoms in total.